The van der Waals surface area contributed by atoms with E-state index in [0.717, 1.165) is 22.4 Å². The van der Waals surface area contributed by atoms with Crippen molar-refractivity contribution in [2.45, 2.75) is 44.3 Å². The first-order valence-corrected chi connectivity index (χ1v) is 11.8. The van der Waals surface area contributed by atoms with Crippen molar-refractivity contribution in [2.75, 3.05) is 4.90 Å². The second-order valence-corrected chi connectivity index (χ2v) is 8.88. The Morgan fingerprint density at radius 1 is 0.971 bits per heavy atom. The van der Waals surface area contributed by atoms with Crippen molar-refractivity contribution >= 4 is 17.8 Å². The lowest BCUT2D eigenvalue weighted by Crippen LogP contribution is -2.49. The van der Waals surface area contributed by atoms with Gasteiger partial charge >= 0.3 is 12.1 Å². The summed E-state index contributed by atoms with van der Waals surface area (Å²) in [5.74, 6) is 0. The molecule has 1 aliphatic carbocycles. The van der Waals surface area contributed by atoms with Crippen LogP contribution in [0.25, 0.3) is 11.1 Å². The highest BCUT2D eigenvalue weighted by atomic mass is 16.4. The molecular weight excluding hydrogens is 444 g/mol. The quantitative estimate of drug-likeness (QED) is 0.494. The predicted octanol–water partition coefficient (Wildman–Crippen LogP) is 4.35. The molecule has 0 radical (unpaired) electrons. The third kappa shape index (κ3) is 6.09. The second kappa shape index (κ2) is 10.9. The number of benzene rings is 2. The number of carbonyl (C=O) groups is 2. The molecule has 3 N–H and O–H groups in total. The minimum absolute atomic E-state index is 0.0486. The highest BCUT2D eigenvalue weighted by Crippen LogP contribution is 2.30. The van der Waals surface area contributed by atoms with Crippen molar-refractivity contribution in [2.24, 2.45) is 7.05 Å². The fourth-order valence-electron chi connectivity index (χ4n) is 4.55. The van der Waals surface area contributed by atoms with Crippen LogP contribution in [0.4, 0.5) is 15.3 Å². The van der Waals surface area contributed by atoms with E-state index in [1.165, 1.54) is 4.57 Å². The van der Waals surface area contributed by atoms with Gasteiger partial charge in [0.05, 0.1) is 0 Å². The summed E-state index contributed by atoms with van der Waals surface area (Å²) in [5.41, 5.74) is 3.40. The van der Waals surface area contributed by atoms with Crippen molar-refractivity contribution < 1.29 is 14.7 Å². The Kier molecular flexibility index (Phi) is 7.50. The molecule has 8 heteroatoms. The number of urea groups is 1. The minimum Gasteiger partial charge on any atom is -0.465 e. The van der Waals surface area contributed by atoms with Gasteiger partial charge in [0, 0.05) is 43.6 Å². The van der Waals surface area contributed by atoms with E-state index >= 15 is 0 Å². The molecule has 0 aliphatic heterocycles. The molecule has 3 aromatic rings. The number of anilines is 1. The maximum absolute atomic E-state index is 13.4. The number of hydrogen-bond donors (Lipinski definition) is 3. The van der Waals surface area contributed by atoms with Crippen LogP contribution in [0.15, 0.2) is 77.7 Å². The van der Waals surface area contributed by atoms with E-state index in [2.05, 4.69) is 10.6 Å². The van der Waals surface area contributed by atoms with Gasteiger partial charge in [0.1, 0.15) is 0 Å². The number of pyridine rings is 1. The molecule has 182 valence electrons. The molecule has 0 spiro atoms. The molecule has 1 aliphatic rings. The van der Waals surface area contributed by atoms with Crippen LogP contribution < -0.4 is 21.1 Å². The van der Waals surface area contributed by atoms with E-state index in [0.29, 0.717) is 32.2 Å². The standard InChI is InChI=1S/C27H30N4O4/c1-30-16-15-21(17-25(30)32)20-7-11-23(12-8-20)31(24-13-9-22(10-14-24)29-27(34)35)26(33)28-18-19-5-3-2-4-6-19/h2-8,11-12,15-17,22,24,29H,9-10,13-14,18H2,1H3,(H,28,33)(H,34,35). The van der Waals surface area contributed by atoms with Crippen LogP contribution in [-0.4, -0.2) is 33.9 Å². The van der Waals surface area contributed by atoms with Crippen LogP contribution in [0.2, 0.25) is 0 Å². The molecule has 3 amide bonds. The molecule has 35 heavy (non-hydrogen) atoms. The van der Waals surface area contributed by atoms with Gasteiger partial charge in [-0.15, -0.1) is 0 Å². The number of amides is 3. The highest BCUT2D eigenvalue weighted by Gasteiger charge is 2.30. The number of carboxylic acid groups (broad SMARTS) is 1. The van der Waals surface area contributed by atoms with E-state index in [1.807, 2.05) is 60.7 Å². The van der Waals surface area contributed by atoms with Gasteiger partial charge in [0.15, 0.2) is 0 Å². The average molecular weight is 475 g/mol. The van der Waals surface area contributed by atoms with Gasteiger partial charge in [-0.3, -0.25) is 9.69 Å². The summed E-state index contributed by atoms with van der Waals surface area (Å²) < 4.78 is 1.52. The molecule has 1 fully saturated rings. The smallest absolute Gasteiger partial charge is 0.404 e. The second-order valence-electron chi connectivity index (χ2n) is 8.88. The van der Waals surface area contributed by atoms with Crippen LogP contribution in [0.5, 0.6) is 0 Å². The zero-order valence-corrected chi connectivity index (χ0v) is 19.7. The molecule has 1 heterocycles. The summed E-state index contributed by atoms with van der Waals surface area (Å²) >= 11 is 0. The normalized spacial score (nSPS) is 17.4. The zero-order chi connectivity index (χ0) is 24.8. The van der Waals surface area contributed by atoms with E-state index in [1.54, 1.807) is 24.2 Å². The topological polar surface area (TPSA) is 104 Å². The Bertz CT molecular complexity index is 1220. The van der Waals surface area contributed by atoms with E-state index in [4.69, 9.17) is 5.11 Å². The molecule has 0 unspecified atom stereocenters. The fourth-order valence-corrected chi connectivity index (χ4v) is 4.55. The Hall–Kier alpha value is -4.07. The third-order valence-electron chi connectivity index (χ3n) is 6.48. The van der Waals surface area contributed by atoms with Gasteiger partial charge in [-0.05, 0) is 60.6 Å². The van der Waals surface area contributed by atoms with Gasteiger partial charge in [-0.1, -0.05) is 42.5 Å². The monoisotopic (exact) mass is 474 g/mol. The Morgan fingerprint density at radius 3 is 2.29 bits per heavy atom. The summed E-state index contributed by atoms with van der Waals surface area (Å²) in [4.78, 5) is 38.2. The van der Waals surface area contributed by atoms with Crippen LogP contribution in [-0.2, 0) is 13.6 Å². The van der Waals surface area contributed by atoms with Crippen molar-refractivity contribution in [1.82, 2.24) is 15.2 Å². The first kappa shape index (κ1) is 24.1. The largest absolute Gasteiger partial charge is 0.465 e. The number of aryl methyl sites for hydroxylation is 1. The average Bonchev–Trinajstić information content (AvgIpc) is 2.86. The number of hydrogen-bond acceptors (Lipinski definition) is 3. The van der Waals surface area contributed by atoms with Crippen molar-refractivity contribution in [3.05, 3.63) is 88.8 Å². The summed E-state index contributed by atoms with van der Waals surface area (Å²) in [5, 5.41) is 14.6. The summed E-state index contributed by atoms with van der Waals surface area (Å²) in [6.45, 7) is 0.414. The molecule has 0 saturated heterocycles. The Labute approximate surface area is 204 Å². The van der Waals surface area contributed by atoms with Crippen molar-refractivity contribution in [3.8, 4) is 11.1 Å². The molecular formula is C27H30N4O4. The molecule has 1 aromatic heterocycles. The SMILES string of the molecule is Cn1ccc(-c2ccc(N(C(=O)NCc3ccccc3)C3CCC(NC(=O)O)CC3)cc2)cc1=O. The molecule has 8 nitrogen and oxygen atoms in total. The molecule has 0 bridgehead atoms. The molecule has 1 saturated carbocycles. The maximum atomic E-state index is 13.4. The fraction of sp³-hybridized carbons (Fsp3) is 0.296. The van der Waals surface area contributed by atoms with E-state index in [9.17, 15) is 14.4 Å². The first-order valence-electron chi connectivity index (χ1n) is 11.8. The highest BCUT2D eigenvalue weighted by molar-refractivity contribution is 5.93. The first-order chi connectivity index (χ1) is 16.9. The Balaban J connectivity index is 1.54. The van der Waals surface area contributed by atoms with Crippen molar-refractivity contribution in [1.29, 1.82) is 0 Å². The Morgan fingerprint density at radius 2 is 1.66 bits per heavy atom. The van der Waals surface area contributed by atoms with Gasteiger partial charge < -0.3 is 20.3 Å². The number of nitrogens with zero attached hydrogens (tertiary/aromatic N) is 2. The van der Waals surface area contributed by atoms with E-state index < -0.39 is 6.09 Å². The van der Waals surface area contributed by atoms with E-state index in [-0.39, 0.29) is 23.7 Å². The summed E-state index contributed by atoms with van der Waals surface area (Å²) in [6.07, 6.45) is 3.45. The third-order valence-corrected chi connectivity index (χ3v) is 6.48. The van der Waals surface area contributed by atoms with Crippen LogP contribution >= 0.6 is 0 Å². The number of carbonyl (C=O) groups excluding carboxylic acids is 1. The molecule has 4 rings (SSSR count). The molecule has 0 atom stereocenters. The number of nitrogens with one attached hydrogen (secondary N) is 2. The minimum atomic E-state index is -1.02. The van der Waals surface area contributed by atoms with Crippen LogP contribution in [0, 0.1) is 0 Å². The van der Waals surface area contributed by atoms with Gasteiger partial charge in [-0.25, -0.2) is 9.59 Å². The molecule has 2 aromatic carbocycles. The lowest BCUT2D eigenvalue weighted by Gasteiger charge is -2.37. The van der Waals surface area contributed by atoms with Crippen LogP contribution in [0.1, 0.15) is 31.2 Å². The summed E-state index contributed by atoms with van der Waals surface area (Å²) in [7, 11) is 1.71. The predicted molar refractivity (Wildman–Crippen MR) is 135 cm³/mol. The summed E-state index contributed by atoms with van der Waals surface area (Å²) in [6, 6.07) is 20.5. The van der Waals surface area contributed by atoms with Crippen LogP contribution in [0.3, 0.4) is 0 Å². The number of aromatic nitrogens is 1. The lowest BCUT2D eigenvalue weighted by atomic mass is 9.90. The number of rotatable bonds is 6. The van der Waals surface area contributed by atoms with Gasteiger partial charge in [-0.2, -0.15) is 0 Å². The van der Waals surface area contributed by atoms with Crippen molar-refractivity contribution in [3.63, 3.8) is 0 Å². The zero-order valence-electron chi connectivity index (χ0n) is 19.7. The maximum Gasteiger partial charge on any atom is 0.404 e. The lowest BCUT2D eigenvalue weighted by molar-refractivity contribution is 0.184. The van der Waals surface area contributed by atoms with Gasteiger partial charge in [0.2, 0.25) is 0 Å². The van der Waals surface area contributed by atoms with Gasteiger partial charge in [0.25, 0.3) is 5.56 Å².